The van der Waals surface area contributed by atoms with Crippen LogP contribution in [0.4, 0.5) is 8.78 Å². The number of ether oxygens (including phenoxy) is 1. The topological polar surface area (TPSA) is 26.3 Å². The first-order valence-corrected chi connectivity index (χ1v) is 4.49. The van der Waals surface area contributed by atoms with Crippen molar-refractivity contribution in [1.82, 2.24) is 0 Å². The molecule has 0 bridgehead atoms. The van der Waals surface area contributed by atoms with E-state index in [0.29, 0.717) is 6.42 Å². The lowest BCUT2D eigenvalue weighted by Crippen LogP contribution is -2.15. The van der Waals surface area contributed by atoms with Gasteiger partial charge < -0.3 is 4.74 Å². The summed E-state index contributed by atoms with van der Waals surface area (Å²) in [7, 11) is 0. The Morgan fingerprint density at radius 1 is 1.46 bits per heavy atom. The Morgan fingerprint density at radius 2 is 2.08 bits per heavy atom. The van der Waals surface area contributed by atoms with Gasteiger partial charge in [-0.3, -0.25) is 4.79 Å². The molecular formula is C9H16F2O2. The average Bonchev–Trinajstić information content (AvgIpc) is 1.98. The van der Waals surface area contributed by atoms with E-state index in [1.165, 1.54) is 0 Å². The Labute approximate surface area is 77.3 Å². The quantitative estimate of drug-likeness (QED) is 0.608. The lowest BCUT2D eigenvalue weighted by Gasteiger charge is -2.09. The van der Waals surface area contributed by atoms with Gasteiger partial charge in [0, 0.05) is 12.8 Å². The number of halogens is 2. The molecule has 0 aromatic rings. The van der Waals surface area contributed by atoms with E-state index in [1.54, 1.807) is 0 Å². The van der Waals surface area contributed by atoms with Crippen molar-refractivity contribution in [3.63, 3.8) is 0 Å². The van der Waals surface area contributed by atoms with E-state index in [2.05, 4.69) is 4.74 Å². The van der Waals surface area contributed by atoms with E-state index in [9.17, 15) is 13.6 Å². The first kappa shape index (κ1) is 12.3. The summed E-state index contributed by atoms with van der Waals surface area (Å²) in [4.78, 5) is 10.8. The van der Waals surface area contributed by atoms with Crippen LogP contribution in [0, 0.1) is 0 Å². The molecule has 0 atom stereocenters. The zero-order valence-electron chi connectivity index (χ0n) is 8.11. The molecule has 0 saturated heterocycles. The van der Waals surface area contributed by atoms with Crippen molar-refractivity contribution in [2.75, 3.05) is 6.61 Å². The molecule has 0 radical (unpaired) electrons. The molecule has 2 nitrogen and oxygen atoms in total. The third kappa shape index (κ3) is 9.24. The molecule has 0 aliphatic carbocycles. The number of carbonyl (C=O) groups is 1. The molecule has 0 aliphatic heterocycles. The number of unbranched alkanes of at least 4 members (excludes halogenated alkanes) is 1. The fourth-order valence-electron chi connectivity index (χ4n) is 0.737. The minimum Gasteiger partial charge on any atom is -0.465 e. The van der Waals surface area contributed by atoms with Gasteiger partial charge in [-0.05, 0) is 13.3 Å². The van der Waals surface area contributed by atoms with E-state index >= 15 is 0 Å². The molecule has 0 aliphatic rings. The van der Waals surface area contributed by atoms with Crippen LogP contribution in [0.15, 0.2) is 0 Å². The van der Waals surface area contributed by atoms with Crippen molar-refractivity contribution in [2.45, 2.75) is 45.5 Å². The number of hydrogen-bond acceptors (Lipinski definition) is 2. The van der Waals surface area contributed by atoms with Crippen LogP contribution in [0.2, 0.25) is 0 Å². The van der Waals surface area contributed by atoms with Crippen LogP contribution < -0.4 is 0 Å². The average molecular weight is 194 g/mol. The van der Waals surface area contributed by atoms with E-state index in [1.807, 2.05) is 6.92 Å². The number of alkyl halides is 2. The molecule has 0 aromatic carbocycles. The number of hydrogen-bond donors (Lipinski definition) is 0. The van der Waals surface area contributed by atoms with Crippen LogP contribution in [0.25, 0.3) is 0 Å². The highest BCUT2D eigenvalue weighted by atomic mass is 19.3. The number of esters is 1. The van der Waals surface area contributed by atoms with Crippen LogP contribution >= 0.6 is 0 Å². The molecule has 13 heavy (non-hydrogen) atoms. The normalized spacial score (nSPS) is 11.4. The maximum Gasteiger partial charge on any atom is 0.305 e. The molecule has 0 heterocycles. The predicted octanol–water partition coefficient (Wildman–Crippen LogP) is 2.77. The summed E-state index contributed by atoms with van der Waals surface area (Å²) >= 11 is 0. The Kier molecular flexibility index (Phi) is 5.58. The van der Waals surface area contributed by atoms with Gasteiger partial charge in [-0.25, -0.2) is 8.78 Å². The molecule has 0 saturated carbocycles. The van der Waals surface area contributed by atoms with Crippen molar-refractivity contribution in [3.05, 3.63) is 0 Å². The van der Waals surface area contributed by atoms with Gasteiger partial charge >= 0.3 is 5.97 Å². The first-order chi connectivity index (χ1) is 5.95. The highest BCUT2D eigenvalue weighted by Crippen LogP contribution is 2.16. The van der Waals surface area contributed by atoms with Gasteiger partial charge in [0.05, 0.1) is 6.61 Å². The summed E-state index contributed by atoms with van der Waals surface area (Å²) in [5.74, 6) is -3.13. The summed E-state index contributed by atoms with van der Waals surface area (Å²) in [5.41, 5.74) is 0. The zero-order chi connectivity index (χ0) is 10.3. The third-order valence-electron chi connectivity index (χ3n) is 1.54. The van der Waals surface area contributed by atoms with Crippen LogP contribution in [-0.2, 0) is 9.53 Å². The monoisotopic (exact) mass is 194 g/mol. The van der Waals surface area contributed by atoms with Crippen LogP contribution in [0.3, 0.4) is 0 Å². The van der Waals surface area contributed by atoms with Gasteiger partial charge in [-0.1, -0.05) is 13.3 Å². The summed E-state index contributed by atoms with van der Waals surface area (Å²) in [6.07, 6.45) is 1.58. The first-order valence-electron chi connectivity index (χ1n) is 4.49. The molecule has 0 fully saturated rings. The van der Waals surface area contributed by atoms with Crippen molar-refractivity contribution in [3.8, 4) is 0 Å². The largest absolute Gasteiger partial charge is 0.465 e. The molecule has 0 spiro atoms. The Balaban J connectivity index is 3.37. The van der Waals surface area contributed by atoms with Gasteiger partial charge in [-0.2, -0.15) is 0 Å². The van der Waals surface area contributed by atoms with Crippen LogP contribution in [0.1, 0.15) is 39.5 Å². The van der Waals surface area contributed by atoms with E-state index in [0.717, 1.165) is 19.8 Å². The fraction of sp³-hybridized carbons (Fsp3) is 0.889. The molecule has 0 rings (SSSR count). The highest BCUT2D eigenvalue weighted by Gasteiger charge is 2.21. The van der Waals surface area contributed by atoms with E-state index in [-0.39, 0.29) is 12.6 Å². The zero-order valence-corrected chi connectivity index (χ0v) is 8.11. The molecule has 0 amide bonds. The summed E-state index contributed by atoms with van der Waals surface area (Å²) in [5, 5.41) is 0. The van der Waals surface area contributed by atoms with E-state index < -0.39 is 12.3 Å². The maximum absolute atomic E-state index is 12.2. The van der Waals surface area contributed by atoms with Crippen molar-refractivity contribution < 1.29 is 18.3 Å². The Hall–Kier alpha value is -0.670. The van der Waals surface area contributed by atoms with Gasteiger partial charge in [-0.15, -0.1) is 0 Å². The Morgan fingerprint density at radius 3 is 2.54 bits per heavy atom. The second kappa shape index (κ2) is 5.89. The van der Waals surface area contributed by atoms with Crippen molar-refractivity contribution >= 4 is 5.97 Å². The van der Waals surface area contributed by atoms with Crippen LogP contribution in [0.5, 0.6) is 0 Å². The lowest BCUT2D eigenvalue weighted by atomic mass is 10.2. The van der Waals surface area contributed by atoms with Crippen molar-refractivity contribution in [2.24, 2.45) is 0 Å². The van der Waals surface area contributed by atoms with Gasteiger partial charge in [0.2, 0.25) is 5.92 Å². The SMILES string of the molecule is CCCCC(=O)OCCC(C)(F)F. The molecule has 0 aromatic heterocycles. The number of rotatable bonds is 6. The minimum absolute atomic E-state index is 0.188. The van der Waals surface area contributed by atoms with Gasteiger partial charge in [0.1, 0.15) is 0 Å². The summed E-state index contributed by atoms with van der Waals surface area (Å²) < 4.78 is 29.1. The second-order valence-corrected chi connectivity index (χ2v) is 3.14. The van der Waals surface area contributed by atoms with E-state index in [4.69, 9.17) is 0 Å². The lowest BCUT2D eigenvalue weighted by molar-refractivity contribution is -0.145. The molecule has 78 valence electrons. The minimum atomic E-state index is -2.75. The number of carbonyl (C=O) groups excluding carboxylic acids is 1. The smallest absolute Gasteiger partial charge is 0.305 e. The van der Waals surface area contributed by atoms with Gasteiger partial charge in [0.15, 0.2) is 0 Å². The predicted molar refractivity (Wildman–Crippen MR) is 45.7 cm³/mol. The summed E-state index contributed by atoms with van der Waals surface area (Å²) in [6.45, 7) is 2.58. The summed E-state index contributed by atoms with van der Waals surface area (Å²) in [6, 6.07) is 0. The van der Waals surface area contributed by atoms with Crippen molar-refractivity contribution in [1.29, 1.82) is 0 Å². The second-order valence-electron chi connectivity index (χ2n) is 3.14. The highest BCUT2D eigenvalue weighted by molar-refractivity contribution is 5.69. The van der Waals surface area contributed by atoms with Crippen LogP contribution in [-0.4, -0.2) is 18.5 Å². The fourth-order valence-corrected chi connectivity index (χ4v) is 0.737. The standard InChI is InChI=1S/C9H16F2O2/c1-3-4-5-8(12)13-7-6-9(2,10)11/h3-7H2,1-2H3. The third-order valence-corrected chi connectivity index (χ3v) is 1.54. The molecule has 0 unspecified atom stereocenters. The Bertz CT molecular complexity index is 152. The molecule has 0 N–H and O–H groups in total. The molecule has 4 heteroatoms. The molecular weight excluding hydrogens is 178 g/mol. The van der Waals surface area contributed by atoms with Gasteiger partial charge in [0.25, 0.3) is 0 Å². The maximum atomic E-state index is 12.2.